The molecule has 34 heavy (non-hydrogen) atoms. The van der Waals surface area contributed by atoms with Crippen LogP contribution < -0.4 is 10.1 Å². The van der Waals surface area contributed by atoms with Gasteiger partial charge in [0, 0.05) is 23.9 Å². The maximum atomic E-state index is 13.4. The van der Waals surface area contributed by atoms with E-state index in [9.17, 15) is 26.4 Å². The number of amides is 1. The fourth-order valence-corrected chi connectivity index (χ4v) is 3.85. The second-order valence-corrected chi connectivity index (χ2v) is 9.79. The number of carbonyl (C=O) groups excluding carboxylic acids is 1. The number of hydrogen-bond donors (Lipinski definition) is 1. The molecule has 1 aliphatic rings. The highest BCUT2D eigenvalue weighted by Crippen LogP contribution is 2.39. The molecule has 3 aromatic rings. The molecule has 1 aliphatic carbocycles. The Balaban J connectivity index is 1.70. The van der Waals surface area contributed by atoms with Gasteiger partial charge in [-0.15, -0.1) is 15.3 Å². The molecule has 0 spiro atoms. The molecule has 0 atom stereocenters. The SMILES string of the molecule is Cc1c(C(F)(F)F)nnc(Oc2ccc(C3CC3)nn2)c1C(=O)Nc1cccc(S(C)(=O)=O)c1. The van der Waals surface area contributed by atoms with Crippen LogP contribution in [0.4, 0.5) is 18.9 Å². The summed E-state index contributed by atoms with van der Waals surface area (Å²) in [6.07, 6.45) is -1.87. The zero-order valence-electron chi connectivity index (χ0n) is 17.9. The van der Waals surface area contributed by atoms with Gasteiger partial charge in [0.05, 0.1) is 10.6 Å². The Labute approximate surface area is 192 Å². The van der Waals surface area contributed by atoms with Crippen molar-refractivity contribution in [3.8, 4) is 11.8 Å². The summed E-state index contributed by atoms with van der Waals surface area (Å²) in [7, 11) is -3.58. The molecule has 0 aliphatic heterocycles. The lowest BCUT2D eigenvalue weighted by Gasteiger charge is -2.15. The number of nitrogens with one attached hydrogen (secondary N) is 1. The summed E-state index contributed by atoms with van der Waals surface area (Å²) in [6, 6.07) is 8.45. The molecule has 0 unspecified atom stereocenters. The first-order valence-corrected chi connectivity index (χ1v) is 11.9. The van der Waals surface area contributed by atoms with Crippen LogP contribution in [0.15, 0.2) is 41.3 Å². The monoisotopic (exact) mass is 493 g/mol. The quantitative estimate of drug-likeness (QED) is 0.548. The molecule has 13 heteroatoms. The van der Waals surface area contributed by atoms with E-state index >= 15 is 0 Å². The van der Waals surface area contributed by atoms with E-state index in [0.29, 0.717) is 5.92 Å². The van der Waals surface area contributed by atoms with E-state index < -0.39 is 44.6 Å². The number of ether oxygens (including phenoxy) is 1. The van der Waals surface area contributed by atoms with Crippen molar-refractivity contribution in [1.29, 1.82) is 0 Å². The number of halogens is 3. The van der Waals surface area contributed by atoms with Crippen LogP contribution >= 0.6 is 0 Å². The van der Waals surface area contributed by atoms with E-state index in [1.165, 1.54) is 30.3 Å². The summed E-state index contributed by atoms with van der Waals surface area (Å²) in [4.78, 5) is 13.0. The fraction of sp³-hybridized carbons (Fsp3) is 0.286. The third-order valence-electron chi connectivity index (χ3n) is 5.06. The zero-order chi connectivity index (χ0) is 24.7. The highest BCUT2D eigenvalue weighted by molar-refractivity contribution is 7.90. The topological polar surface area (TPSA) is 124 Å². The minimum Gasteiger partial charge on any atom is -0.417 e. The first-order chi connectivity index (χ1) is 15.9. The Kier molecular flexibility index (Phi) is 5.98. The largest absolute Gasteiger partial charge is 0.435 e. The molecule has 1 saturated carbocycles. The molecule has 1 aromatic carbocycles. The zero-order valence-corrected chi connectivity index (χ0v) is 18.7. The Morgan fingerprint density at radius 2 is 1.82 bits per heavy atom. The molecule has 9 nitrogen and oxygen atoms in total. The predicted molar refractivity (Wildman–Crippen MR) is 113 cm³/mol. The van der Waals surface area contributed by atoms with Gasteiger partial charge < -0.3 is 10.1 Å². The van der Waals surface area contributed by atoms with E-state index in [1.54, 1.807) is 6.07 Å². The van der Waals surface area contributed by atoms with Crippen molar-refractivity contribution in [2.45, 2.75) is 36.8 Å². The normalized spacial score (nSPS) is 14.0. The van der Waals surface area contributed by atoms with Crippen molar-refractivity contribution in [3.05, 3.63) is 58.9 Å². The van der Waals surface area contributed by atoms with Crippen molar-refractivity contribution in [3.63, 3.8) is 0 Å². The second-order valence-electron chi connectivity index (χ2n) is 7.78. The number of benzene rings is 1. The average molecular weight is 493 g/mol. The number of alkyl halides is 3. The van der Waals surface area contributed by atoms with Crippen LogP contribution in [0.1, 0.15) is 46.1 Å². The van der Waals surface area contributed by atoms with Gasteiger partial charge in [0.1, 0.15) is 5.56 Å². The lowest BCUT2D eigenvalue weighted by atomic mass is 10.1. The van der Waals surface area contributed by atoms with Gasteiger partial charge in [-0.25, -0.2) is 8.42 Å². The molecule has 2 heterocycles. The average Bonchev–Trinajstić information content (AvgIpc) is 3.58. The number of carbonyl (C=O) groups is 1. The van der Waals surface area contributed by atoms with Crippen LogP contribution in [0, 0.1) is 6.92 Å². The van der Waals surface area contributed by atoms with Gasteiger partial charge in [-0.3, -0.25) is 4.79 Å². The van der Waals surface area contributed by atoms with Gasteiger partial charge >= 0.3 is 6.18 Å². The molecule has 4 rings (SSSR count). The molecule has 0 radical (unpaired) electrons. The van der Waals surface area contributed by atoms with E-state index in [2.05, 4.69) is 25.7 Å². The Hall–Kier alpha value is -3.61. The van der Waals surface area contributed by atoms with E-state index in [1.807, 2.05) is 0 Å². The fourth-order valence-electron chi connectivity index (χ4n) is 3.19. The molecule has 0 bridgehead atoms. The van der Waals surface area contributed by atoms with Crippen LogP contribution in [-0.4, -0.2) is 41.0 Å². The summed E-state index contributed by atoms with van der Waals surface area (Å²) in [6.45, 7) is 1.06. The Morgan fingerprint density at radius 1 is 1.09 bits per heavy atom. The van der Waals surface area contributed by atoms with Crippen LogP contribution in [-0.2, 0) is 16.0 Å². The van der Waals surface area contributed by atoms with Gasteiger partial charge in [0.25, 0.3) is 11.8 Å². The van der Waals surface area contributed by atoms with Crippen LogP contribution in [0.25, 0.3) is 0 Å². The third kappa shape index (κ3) is 5.14. The number of hydrogen-bond acceptors (Lipinski definition) is 8. The first kappa shape index (κ1) is 23.5. The maximum absolute atomic E-state index is 13.4. The van der Waals surface area contributed by atoms with Crippen molar-refractivity contribution in [2.75, 3.05) is 11.6 Å². The highest BCUT2D eigenvalue weighted by atomic mass is 32.2. The van der Waals surface area contributed by atoms with E-state index in [-0.39, 0.29) is 16.5 Å². The molecule has 0 saturated heterocycles. The predicted octanol–water partition coefficient (Wildman–Crippen LogP) is 3.92. The lowest BCUT2D eigenvalue weighted by Crippen LogP contribution is -2.21. The summed E-state index contributed by atoms with van der Waals surface area (Å²) in [5.74, 6) is -1.25. The third-order valence-corrected chi connectivity index (χ3v) is 6.17. The van der Waals surface area contributed by atoms with E-state index in [4.69, 9.17) is 4.74 Å². The van der Waals surface area contributed by atoms with Crippen molar-refractivity contribution in [2.24, 2.45) is 0 Å². The van der Waals surface area contributed by atoms with Crippen molar-refractivity contribution < 1.29 is 31.1 Å². The van der Waals surface area contributed by atoms with Gasteiger partial charge in [0.15, 0.2) is 15.5 Å². The maximum Gasteiger partial charge on any atom is 0.435 e. The summed E-state index contributed by atoms with van der Waals surface area (Å²) >= 11 is 0. The smallest absolute Gasteiger partial charge is 0.417 e. The molecule has 1 fully saturated rings. The molecule has 2 aromatic heterocycles. The summed E-state index contributed by atoms with van der Waals surface area (Å²) < 4.78 is 69.3. The molecule has 178 valence electrons. The summed E-state index contributed by atoms with van der Waals surface area (Å²) in [5, 5.41) is 17.0. The van der Waals surface area contributed by atoms with Crippen LogP contribution in [0.3, 0.4) is 0 Å². The van der Waals surface area contributed by atoms with Gasteiger partial charge in [-0.1, -0.05) is 6.07 Å². The van der Waals surface area contributed by atoms with E-state index in [0.717, 1.165) is 31.7 Å². The van der Waals surface area contributed by atoms with Crippen LogP contribution in [0.2, 0.25) is 0 Å². The number of sulfone groups is 1. The van der Waals surface area contributed by atoms with Crippen LogP contribution in [0.5, 0.6) is 11.8 Å². The van der Waals surface area contributed by atoms with Gasteiger partial charge in [-0.2, -0.15) is 18.3 Å². The standard InChI is InChI=1S/C21H18F3N5O4S/c1-11-17(19(30)25-13-4-3-5-14(10-13)34(2,31)32)20(29-28-18(11)21(22,23)24)33-16-9-8-15(26-27-16)12-6-7-12/h3-5,8-10,12H,6-7H2,1-2H3,(H,25,30). The minimum atomic E-state index is -4.87. The summed E-state index contributed by atoms with van der Waals surface area (Å²) in [5.41, 5.74) is -1.58. The van der Waals surface area contributed by atoms with Gasteiger partial charge in [0.2, 0.25) is 5.88 Å². The number of nitrogens with zero attached hydrogens (tertiary/aromatic N) is 4. The lowest BCUT2D eigenvalue weighted by molar-refractivity contribution is -0.142. The second kappa shape index (κ2) is 8.63. The van der Waals surface area contributed by atoms with Gasteiger partial charge in [-0.05, 0) is 49.6 Å². The minimum absolute atomic E-state index is 0.0530. The number of aromatic nitrogens is 4. The molecular formula is C21H18F3N5O4S. The Morgan fingerprint density at radius 3 is 2.41 bits per heavy atom. The Bertz CT molecular complexity index is 1360. The molecule has 1 amide bonds. The number of anilines is 1. The number of rotatable bonds is 6. The van der Waals surface area contributed by atoms with Crippen molar-refractivity contribution in [1.82, 2.24) is 20.4 Å². The molecular weight excluding hydrogens is 475 g/mol. The molecule has 1 N–H and O–H groups in total. The highest BCUT2D eigenvalue weighted by Gasteiger charge is 2.38. The first-order valence-electron chi connectivity index (χ1n) is 10.0. The van der Waals surface area contributed by atoms with Crippen molar-refractivity contribution >= 4 is 21.4 Å².